The summed E-state index contributed by atoms with van der Waals surface area (Å²) in [5.41, 5.74) is 5.71. The predicted octanol–water partition coefficient (Wildman–Crippen LogP) is 4.21. The van der Waals surface area contributed by atoms with Crippen molar-refractivity contribution >= 4 is 28.2 Å². The van der Waals surface area contributed by atoms with Crippen molar-refractivity contribution in [3.8, 4) is 5.75 Å². The smallest absolute Gasteiger partial charge is 0.227 e. The standard InChI is InChI=1S/C25H31N5O2/c1-25(7-9-32-16-25)15-27-20-5-4-18-13-26-24(28-21(18)12-20)29-22-10-19-14-30(2)8-6-17(19)11-23(22)31-3/h4-5,10-13,27H,6-9,14-16H2,1-3H3,(H,26,28,29). The summed E-state index contributed by atoms with van der Waals surface area (Å²) in [6.07, 6.45) is 3.98. The zero-order chi connectivity index (χ0) is 22.1. The van der Waals surface area contributed by atoms with Crippen LogP contribution in [0.3, 0.4) is 0 Å². The first-order chi connectivity index (χ1) is 15.5. The Labute approximate surface area is 189 Å². The number of rotatable bonds is 6. The normalized spacial score (nSPS) is 20.8. The molecule has 1 fully saturated rings. The Kier molecular flexibility index (Phi) is 5.61. The maximum absolute atomic E-state index is 5.66. The lowest BCUT2D eigenvalue weighted by atomic mass is 9.90. The lowest BCUT2D eigenvalue weighted by Crippen LogP contribution is -2.26. The van der Waals surface area contributed by atoms with Crippen LogP contribution in [0.5, 0.6) is 5.75 Å². The van der Waals surface area contributed by atoms with Gasteiger partial charge in [0.2, 0.25) is 5.95 Å². The summed E-state index contributed by atoms with van der Waals surface area (Å²) < 4.78 is 11.2. The van der Waals surface area contributed by atoms with Gasteiger partial charge in [0.15, 0.2) is 0 Å². The highest BCUT2D eigenvalue weighted by Crippen LogP contribution is 2.33. The molecule has 1 atom stereocenters. The van der Waals surface area contributed by atoms with E-state index in [9.17, 15) is 0 Å². The summed E-state index contributed by atoms with van der Waals surface area (Å²) in [7, 11) is 3.86. The molecule has 0 bridgehead atoms. The van der Waals surface area contributed by atoms with E-state index in [1.54, 1.807) is 7.11 Å². The molecule has 7 nitrogen and oxygen atoms in total. The molecule has 2 N–H and O–H groups in total. The average Bonchev–Trinajstić information content (AvgIpc) is 3.23. The molecule has 1 saturated heterocycles. The van der Waals surface area contributed by atoms with E-state index in [0.717, 1.165) is 73.7 Å². The predicted molar refractivity (Wildman–Crippen MR) is 128 cm³/mol. The Morgan fingerprint density at radius 1 is 1.22 bits per heavy atom. The van der Waals surface area contributed by atoms with Crippen LogP contribution in [0.2, 0.25) is 0 Å². The van der Waals surface area contributed by atoms with Crippen LogP contribution < -0.4 is 15.4 Å². The van der Waals surface area contributed by atoms with Gasteiger partial charge in [-0.25, -0.2) is 9.97 Å². The topological polar surface area (TPSA) is 71.5 Å². The van der Waals surface area contributed by atoms with Gasteiger partial charge in [0.05, 0.1) is 24.9 Å². The highest BCUT2D eigenvalue weighted by atomic mass is 16.5. The van der Waals surface area contributed by atoms with Crippen LogP contribution in [0, 0.1) is 5.41 Å². The van der Waals surface area contributed by atoms with E-state index in [1.165, 1.54) is 11.1 Å². The Morgan fingerprint density at radius 2 is 2.12 bits per heavy atom. The first-order valence-electron chi connectivity index (χ1n) is 11.3. The van der Waals surface area contributed by atoms with Gasteiger partial charge < -0.3 is 25.0 Å². The number of fused-ring (bicyclic) bond motifs is 2. The summed E-state index contributed by atoms with van der Waals surface area (Å²) >= 11 is 0. The Morgan fingerprint density at radius 3 is 2.94 bits per heavy atom. The van der Waals surface area contributed by atoms with Crippen molar-refractivity contribution in [2.75, 3.05) is 51.1 Å². The third kappa shape index (κ3) is 4.36. The molecule has 32 heavy (non-hydrogen) atoms. The Bertz CT molecular complexity index is 1130. The third-order valence-corrected chi connectivity index (χ3v) is 6.57. The minimum Gasteiger partial charge on any atom is -0.495 e. The molecule has 1 unspecified atom stereocenters. The van der Waals surface area contributed by atoms with Crippen LogP contribution in [0.1, 0.15) is 24.5 Å². The fraction of sp³-hybridized carbons (Fsp3) is 0.440. The molecule has 1 aromatic heterocycles. The number of nitrogens with one attached hydrogen (secondary N) is 2. The number of likely N-dealkylation sites (N-methyl/N-ethyl adjacent to an activating group) is 1. The van der Waals surface area contributed by atoms with Gasteiger partial charge in [-0.15, -0.1) is 0 Å². The number of benzene rings is 2. The molecule has 0 radical (unpaired) electrons. The number of nitrogens with zero attached hydrogens (tertiary/aromatic N) is 3. The van der Waals surface area contributed by atoms with E-state index >= 15 is 0 Å². The third-order valence-electron chi connectivity index (χ3n) is 6.57. The van der Waals surface area contributed by atoms with Gasteiger partial charge >= 0.3 is 0 Å². The van der Waals surface area contributed by atoms with Crippen LogP contribution in [-0.2, 0) is 17.7 Å². The van der Waals surface area contributed by atoms with Crippen molar-refractivity contribution in [3.05, 3.63) is 47.7 Å². The van der Waals surface area contributed by atoms with Gasteiger partial charge in [0, 0.05) is 48.9 Å². The van der Waals surface area contributed by atoms with E-state index in [-0.39, 0.29) is 5.41 Å². The van der Waals surface area contributed by atoms with Crippen molar-refractivity contribution in [1.29, 1.82) is 0 Å². The second kappa shape index (κ2) is 8.56. The number of ether oxygens (including phenoxy) is 2. The largest absolute Gasteiger partial charge is 0.495 e. The highest BCUT2D eigenvalue weighted by Gasteiger charge is 2.29. The molecule has 5 rings (SSSR count). The summed E-state index contributed by atoms with van der Waals surface area (Å²) in [6.45, 7) is 6.81. The maximum Gasteiger partial charge on any atom is 0.227 e. The zero-order valence-electron chi connectivity index (χ0n) is 19.1. The molecular weight excluding hydrogens is 402 g/mol. The molecule has 3 heterocycles. The second-order valence-electron chi connectivity index (χ2n) is 9.37. The molecule has 2 aliphatic rings. The van der Waals surface area contributed by atoms with Crippen LogP contribution >= 0.6 is 0 Å². The summed E-state index contributed by atoms with van der Waals surface area (Å²) in [5, 5.41) is 7.95. The van der Waals surface area contributed by atoms with Crippen molar-refractivity contribution in [1.82, 2.24) is 14.9 Å². The summed E-state index contributed by atoms with van der Waals surface area (Å²) in [5.74, 6) is 1.38. The number of aromatic nitrogens is 2. The van der Waals surface area contributed by atoms with Crippen molar-refractivity contribution in [2.45, 2.75) is 26.3 Å². The van der Waals surface area contributed by atoms with E-state index < -0.39 is 0 Å². The molecule has 0 saturated carbocycles. The van der Waals surface area contributed by atoms with E-state index in [0.29, 0.717) is 5.95 Å². The fourth-order valence-corrected chi connectivity index (χ4v) is 4.47. The van der Waals surface area contributed by atoms with Gasteiger partial charge in [0.1, 0.15) is 5.75 Å². The number of anilines is 3. The first kappa shape index (κ1) is 21.0. The van der Waals surface area contributed by atoms with E-state index in [1.807, 2.05) is 6.20 Å². The molecule has 0 spiro atoms. The number of methoxy groups -OCH3 is 1. The summed E-state index contributed by atoms with van der Waals surface area (Å²) in [6, 6.07) is 10.5. The Balaban J connectivity index is 1.38. The van der Waals surface area contributed by atoms with Crippen LogP contribution in [-0.4, -0.2) is 55.3 Å². The van der Waals surface area contributed by atoms with E-state index in [2.05, 4.69) is 64.8 Å². The molecule has 2 aliphatic heterocycles. The van der Waals surface area contributed by atoms with Gasteiger partial charge in [-0.05, 0) is 61.3 Å². The highest BCUT2D eigenvalue weighted by molar-refractivity contribution is 5.83. The van der Waals surface area contributed by atoms with Gasteiger partial charge in [-0.2, -0.15) is 0 Å². The van der Waals surface area contributed by atoms with Gasteiger partial charge in [0.25, 0.3) is 0 Å². The minimum absolute atomic E-state index is 0.185. The molecular formula is C25H31N5O2. The van der Waals surface area contributed by atoms with Crippen molar-refractivity contribution in [2.24, 2.45) is 5.41 Å². The zero-order valence-corrected chi connectivity index (χ0v) is 19.1. The van der Waals surface area contributed by atoms with Crippen LogP contribution in [0.25, 0.3) is 10.9 Å². The van der Waals surface area contributed by atoms with Gasteiger partial charge in [-0.1, -0.05) is 6.92 Å². The SMILES string of the molecule is COc1cc2c(cc1Nc1ncc3ccc(NCC4(C)CCOC4)cc3n1)CN(C)CC2. The fourth-order valence-electron chi connectivity index (χ4n) is 4.47. The molecule has 0 amide bonds. The molecule has 168 valence electrons. The van der Waals surface area contributed by atoms with E-state index in [4.69, 9.17) is 14.5 Å². The first-order valence-corrected chi connectivity index (χ1v) is 11.3. The monoisotopic (exact) mass is 433 g/mol. The molecule has 7 heteroatoms. The van der Waals surface area contributed by atoms with Crippen LogP contribution in [0.15, 0.2) is 36.5 Å². The lowest BCUT2D eigenvalue weighted by Gasteiger charge is -2.26. The lowest BCUT2D eigenvalue weighted by molar-refractivity contribution is 0.164. The van der Waals surface area contributed by atoms with Crippen LogP contribution in [0.4, 0.5) is 17.3 Å². The average molecular weight is 434 g/mol. The number of hydrogen-bond acceptors (Lipinski definition) is 7. The Hall–Kier alpha value is -2.90. The quantitative estimate of drug-likeness (QED) is 0.603. The van der Waals surface area contributed by atoms with Crippen molar-refractivity contribution < 1.29 is 9.47 Å². The summed E-state index contributed by atoms with van der Waals surface area (Å²) in [4.78, 5) is 11.6. The maximum atomic E-state index is 5.66. The number of hydrogen-bond donors (Lipinski definition) is 2. The van der Waals surface area contributed by atoms with Gasteiger partial charge in [-0.3, -0.25) is 0 Å². The molecule has 2 aromatic carbocycles. The molecule has 0 aliphatic carbocycles. The second-order valence-corrected chi connectivity index (χ2v) is 9.37. The van der Waals surface area contributed by atoms with Crippen molar-refractivity contribution in [3.63, 3.8) is 0 Å². The molecule has 3 aromatic rings. The minimum atomic E-state index is 0.185.